The highest BCUT2D eigenvalue weighted by molar-refractivity contribution is 7.17. The van der Waals surface area contributed by atoms with Gasteiger partial charge in [-0.05, 0) is 55.3 Å². The summed E-state index contributed by atoms with van der Waals surface area (Å²) in [6, 6.07) is 6.62. The Morgan fingerprint density at radius 3 is 2.60 bits per heavy atom. The molecule has 1 fully saturated rings. The van der Waals surface area contributed by atoms with E-state index in [1.165, 1.54) is 35.1 Å². The molecule has 0 bridgehead atoms. The van der Waals surface area contributed by atoms with Crippen LogP contribution in [-0.4, -0.2) is 23.1 Å². The first kappa shape index (κ1) is 16.8. The maximum Gasteiger partial charge on any atom is 0.225 e. The molecule has 1 aliphatic rings. The van der Waals surface area contributed by atoms with E-state index in [-0.39, 0.29) is 0 Å². The zero-order valence-electron chi connectivity index (χ0n) is 14.8. The van der Waals surface area contributed by atoms with Crippen LogP contribution in [0.2, 0.25) is 5.28 Å². The van der Waals surface area contributed by atoms with Crippen molar-refractivity contribution in [2.24, 2.45) is 5.92 Å². The quantitative estimate of drug-likeness (QED) is 0.528. The summed E-state index contributed by atoms with van der Waals surface area (Å²) in [6.45, 7) is 8.69. The van der Waals surface area contributed by atoms with Crippen molar-refractivity contribution in [3.8, 4) is 11.1 Å². The van der Waals surface area contributed by atoms with E-state index in [0.29, 0.717) is 5.28 Å². The number of rotatable bonds is 2. The van der Waals surface area contributed by atoms with Crippen molar-refractivity contribution in [2.75, 3.05) is 18.0 Å². The molecule has 0 radical (unpaired) electrons. The number of aromatic nitrogens is 2. The number of piperidine rings is 1. The second-order valence-electron chi connectivity index (χ2n) is 7.13. The highest BCUT2D eigenvalue weighted by atomic mass is 35.5. The van der Waals surface area contributed by atoms with Crippen LogP contribution in [0.1, 0.15) is 30.9 Å². The molecule has 3 heterocycles. The van der Waals surface area contributed by atoms with E-state index in [2.05, 4.69) is 59.2 Å². The molecule has 3 aromatic rings. The van der Waals surface area contributed by atoms with E-state index >= 15 is 0 Å². The highest BCUT2D eigenvalue weighted by Crippen LogP contribution is 2.41. The number of anilines is 1. The fourth-order valence-corrected chi connectivity index (χ4v) is 4.81. The summed E-state index contributed by atoms with van der Waals surface area (Å²) >= 11 is 7.89. The normalized spacial score (nSPS) is 15.9. The molecule has 0 spiro atoms. The maximum atomic E-state index is 6.24. The summed E-state index contributed by atoms with van der Waals surface area (Å²) in [4.78, 5) is 12.5. The molecule has 1 aliphatic heterocycles. The highest BCUT2D eigenvalue weighted by Gasteiger charge is 2.23. The van der Waals surface area contributed by atoms with Crippen molar-refractivity contribution < 1.29 is 0 Å². The van der Waals surface area contributed by atoms with Crippen molar-refractivity contribution in [1.29, 1.82) is 0 Å². The SMILES string of the molecule is Cc1ccc(-c2csc3nc(Cl)nc(N4CCC(C)CC4)c23)c(C)c1. The van der Waals surface area contributed by atoms with Gasteiger partial charge in [-0.1, -0.05) is 30.7 Å². The predicted octanol–water partition coefficient (Wildman–Crippen LogP) is 5.86. The molecule has 2 aromatic heterocycles. The molecule has 4 rings (SSSR count). The molecule has 1 saturated heterocycles. The topological polar surface area (TPSA) is 29.0 Å². The number of fused-ring (bicyclic) bond motifs is 1. The predicted molar refractivity (Wildman–Crippen MR) is 108 cm³/mol. The number of thiophene rings is 1. The van der Waals surface area contributed by atoms with Crippen molar-refractivity contribution in [2.45, 2.75) is 33.6 Å². The van der Waals surface area contributed by atoms with Crippen molar-refractivity contribution in [3.63, 3.8) is 0 Å². The lowest BCUT2D eigenvalue weighted by atomic mass is 9.97. The minimum Gasteiger partial charge on any atom is -0.356 e. The van der Waals surface area contributed by atoms with Crippen LogP contribution in [0.25, 0.3) is 21.3 Å². The third kappa shape index (κ3) is 3.13. The summed E-state index contributed by atoms with van der Waals surface area (Å²) in [5, 5.41) is 3.69. The van der Waals surface area contributed by atoms with Gasteiger partial charge in [0.15, 0.2) is 0 Å². The monoisotopic (exact) mass is 371 g/mol. The minimum atomic E-state index is 0.343. The molecule has 5 heteroatoms. The lowest BCUT2D eigenvalue weighted by molar-refractivity contribution is 0.437. The number of hydrogen-bond donors (Lipinski definition) is 0. The summed E-state index contributed by atoms with van der Waals surface area (Å²) in [5.41, 5.74) is 5.05. The first-order chi connectivity index (χ1) is 12.0. The van der Waals surface area contributed by atoms with Gasteiger partial charge in [0.05, 0.1) is 5.39 Å². The molecule has 25 heavy (non-hydrogen) atoms. The molecule has 1 aromatic carbocycles. The third-order valence-electron chi connectivity index (χ3n) is 5.14. The molecule has 0 atom stereocenters. The summed E-state index contributed by atoms with van der Waals surface area (Å²) in [5.74, 6) is 1.78. The van der Waals surface area contributed by atoms with E-state index in [1.807, 2.05) is 0 Å². The Labute approximate surface area is 157 Å². The van der Waals surface area contributed by atoms with Crippen LogP contribution in [0, 0.1) is 19.8 Å². The van der Waals surface area contributed by atoms with Gasteiger partial charge >= 0.3 is 0 Å². The van der Waals surface area contributed by atoms with Crippen molar-refractivity contribution in [3.05, 3.63) is 40.0 Å². The third-order valence-corrected chi connectivity index (χ3v) is 6.18. The van der Waals surface area contributed by atoms with Crippen LogP contribution < -0.4 is 4.90 Å². The van der Waals surface area contributed by atoms with E-state index in [4.69, 9.17) is 11.6 Å². The van der Waals surface area contributed by atoms with Crippen LogP contribution in [-0.2, 0) is 0 Å². The van der Waals surface area contributed by atoms with Gasteiger partial charge in [0.1, 0.15) is 10.6 Å². The second kappa shape index (κ2) is 6.58. The van der Waals surface area contributed by atoms with E-state index in [1.54, 1.807) is 11.3 Å². The van der Waals surface area contributed by atoms with Crippen LogP contribution in [0.4, 0.5) is 5.82 Å². The molecular weight excluding hydrogens is 350 g/mol. The largest absolute Gasteiger partial charge is 0.356 e. The van der Waals surface area contributed by atoms with E-state index in [0.717, 1.165) is 35.0 Å². The fraction of sp³-hybridized carbons (Fsp3) is 0.400. The van der Waals surface area contributed by atoms with Gasteiger partial charge in [-0.25, -0.2) is 4.98 Å². The lowest BCUT2D eigenvalue weighted by Crippen LogP contribution is -2.33. The standard InChI is InChI=1S/C20H22ClN3S/c1-12-6-8-24(9-7-12)18-17-16(11-25-19(17)23-20(21)22-18)15-5-4-13(2)10-14(15)3/h4-5,10-12H,6-9H2,1-3H3. The van der Waals surface area contributed by atoms with Gasteiger partial charge in [0.25, 0.3) is 0 Å². The molecule has 0 unspecified atom stereocenters. The zero-order chi connectivity index (χ0) is 17.6. The van der Waals surface area contributed by atoms with Gasteiger partial charge in [0.2, 0.25) is 5.28 Å². The van der Waals surface area contributed by atoms with Crippen LogP contribution in [0.3, 0.4) is 0 Å². The number of halogens is 1. The van der Waals surface area contributed by atoms with Gasteiger partial charge in [-0.3, -0.25) is 0 Å². The van der Waals surface area contributed by atoms with Crippen LogP contribution in [0.15, 0.2) is 23.6 Å². The number of benzene rings is 1. The minimum absolute atomic E-state index is 0.343. The molecule has 0 N–H and O–H groups in total. The molecule has 130 valence electrons. The smallest absolute Gasteiger partial charge is 0.225 e. The molecule has 0 saturated carbocycles. The Morgan fingerprint density at radius 1 is 1.12 bits per heavy atom. The maximum absolute atomic E-state index is 6.24. The summed E-state index contributed by atoms with van der Waals surface area (Å²) < 4.78 is 0. The number of nitrogens with zero attached hydrogens (tertiary/aromatic N) is 3. The Bertz CT molecular complexity index is 926. The molecule has 3 nitrogen and oxygen atoms in total. The van der Waals surface area contributed by atoms with Gasteiger partial charge < -0.3 is 4.90 Å². The van der Waals surface area contributed by atoms with E-state index < -0.39 is 0 Å². The fourth-order valence-electron chi connectivity index (χ4n) is 3.66. The van der Waals surface area contributed by atoms with Gasteiger partial charge in [0, 0.05) is 24.0 Å². The number of hydrogen-bond acceptors (Lipinski definition) is 4. The second-order valence-corrected chi connectivity index (χ2v) is 8.33. The number of aryl methyl sites for hydroxylation is 2. The van der Waals surface area contributed by atoms with Crippen LogP contribution >= 0.6 is 22.9 Å². The Hall–Kier alpha value is -1.65. The van der Waals surface area contributed by atoms with Gasteiger partial charge in [-0.15, -0.1) is 11.3 Å². The lowest BCUT2D eigenvalue weighted by Gasteiger charge is -2.31. The Kier molecular flexibility index (Phi) is 4.42. The average molecular weight is 372 g/mol. The zero-order valence-corrected chi connectivity index (χ0v) is 16.4. The average Bonchev–Trinajstić information content (AvgIpc) is 2.98. The summed E-state index contributed by atoms with van der Waals surface area (Å²) in [6.07, 6.45) is 2.40. The summed E-state index contributed by atoms with van der Waals surface area (Å²) in [7, 11) is 0. The van der Waals surface area contributed by atoms with Crippen molar-refractivity contribution >= 4 is 39.0 Å². The van der Waals surface area contributed by atoms with E-state index in [9.17, 15) is 0 Å². The Morgan fingerprint density at radius 2 is 1.88 bits per heavy atom. The Balaban J connectivity index is 1.89. The first-order valence-corrected chi connectivity index (χ1v) is 10.1. The van der Waals surface area contributed by atoms with Gasteiger partial charge in [-0.2, -0.15) is 4.98 Å². The van der Waals surface area contributed by atoms with Crippen molar-refractivity contribution in [1.82, 2.24) is 9.97 Å². The molecular formula is C20H22ClN3S. The molecule has 0 amide bonds. The first-order valence-electron chi connectivity index (χ1n) is 8.80. The van der Waals surface area contributed by atoms with Crippen LogP contribution in [0.5, 0.6) is 0 Å². The molecule has 0 aliphatic carbocycles.